The third kappa shape index (κ3) is 4.17. The van der Waals surface area contributed by atoms with Crippen LogP contribution >= 0.6 is 11.9 Å². The molecule has 1 heterocycles. The minimum absolute atomic E-state index is 0.930. The lowest BCUT2D eigenvalue weighted by molar-refractivity contribution is 0.522. The Morgan fingerprint density at radius 3 is 2.60 bits per heavy atom. The molecule has 20 heavy (non-hydrogen) atoms. The van der Waals surface area contributed by atoms with E-state index in [1.807, 2.05) is 3.71 Å². The third-order valence-electron chi connectivity index (χ3n) is 3.68. The lowest BCUT2D eigenvalue weighted by Crippen LogP contribution is -2.21. The van der Waals surface area contributed by atoms with Crippen molar-refractivity contribution in [2.45, 2.75) is 68.6 Å². The van der Waals surface area contributed by atoms with Crippen LogP contribution in [0.5, 0.6) is 0 Å². The van der Waals surface area contributed by atoms with E-state index < -0.39 is 11.4 Å². The number of nitrogens with zero attached hydrogens (tertiary/aromatic N) is 1. The van der Waals surface area contributed by atoms with Gasteiger partial charge in [0.2, 0.25) is 0 Å². The highest BCUT2D eigenvalue weighted by molar-refractivity contribution is 8.11. The van der Waals surface area contributed by atoms with Crippen LogP contribution in [0.1, 0.15) is 57.9 Å². The Morgan fingerprint density at radius 2 is 1.85 bits per heavy atom. The minimum atomic E-state index is -0.960. The molecule has 0 N–H and O–H groups in total. The second kappa shape index (κ2) is 8.32. The van der Waals surface area contributed by atoms with Gasteiger partial charge >= 0.3 is 0 Å². The third-order valence-corrected chi connectivity index (χ3v) is 6.65. The van der Waals surface area contributed by atoms with E-state index >= 15 is 0 Å². The molecule has 0 saturated carbocycles. The molecule has 1 unspecified atom stereocenters. The lowest BCUT2D eigenvalue weighted by atomic mass is 10.1. The zero-order valence-electron chi connectivity index (χ0n) is 12.6. The molecule has 1 aromatic rings. The summed E-state index contributed by atoms with van der Waals surface area (Å²) in [4.78, 5) is 2.19. The van der Waals surface area contributed by atoms with Gasteiger partial charge in [-0.25, -0.2) is 0 Å². The normalized spacial score (nSPS) is 18.4. The van der Waals surface area contributed by atoms with Gasteiger partial charge in [0, 0.05) is 11.9 Å². The summed E-state index contributed by atoms with van der Waals surface area (Å²) in [7, 11) is 0. The van der Waals surface area contributed by atoms with Crippen molar-refractivity contribution >= 4 is 23.3 Å². The summed E-state index contributed by atoms with van der Waals surface area (Å²) in [5, 5.41) is 0. The maximum absolute atomic E-state index is 12.4. The van der Waals surface area contributed by atoms with Gasteiger partial charge in [0.1, 0.15) is 0 Å². The van der Waals surface area contributed by atoms with Crippen LogP contribution in [0.25, 0.3) is 0 Å². The summed E-state index contributed by atoms with van der Waals surface area (Å²) in [5.74, 6) is 0. The van der Waals surface area contributed by atoms with Crippen molar-refractivity contribution in [3.05, 3.63) is 23.8 Å². The van der Waals surface area contributed by atoms with E-state index in [1.165, 1.54) is 42.6 Å². The second-order valence-electron chi connectivity index (χ2n) is 5.30. The Hall–Kier alpha value is -0.160. The van der Waals surface area contributed by atoms with Crippen molar-refractivity contribution in [1.82, 2.24) is 3.71 Å². The molecule has 0 aromatic heterocycles. The van der Waals surface area contributed by atoms with Crippen LogP contribution in [0.15, 0.2) is 28.0 Å². The molecule has 1 atom stereocenters. The standard InChI is InChI=1S/C16H25NOS2/c1-3-5-6-7-8-9-12-17-19-15-11-10-14(4-2)13-16(15)20(17)18/h10-11,13H,3-9,12H2,1-2H3. The quantitative estimate of drug-likeness (QED) is 0.386. The van der Waals surface area contributed by atoms with Crippen molar-refractivity contribution < 1.29 is 4.55 Å². The molecule has 4 heteroatoms. The number of unbranched alkanes of at least 4 members (excludes halogenated alkanes) is 5. The van der Waals surface area contributed by atoms with Gasteiger partial charge in [0.05, 0.1) is 22.8 Å². The average Bonchev–Trinajstić information content (AvgIpc) is 2.79. The fraction of sp³-hybridized carbons (Fsp3) is 0.625. The van der Waals surface area contributed by atoms with Crippen LogP contribution in [-0.2, 0) is 17.8 Å². The molecule has 0 spiro atoms. The van der Waals surface area contributed by atoms with Gasteiger partial charge in [0.15, 0.2) is 4.90 Å². The van der Waals surface area contributed by atoms with Crippen molar-refractivity contribution in [1.29, 1.82) is 0 Å². The van der Waals surface area contributed by atoms with Gasteiger partial charge in [-0.05, 0) is 30.5 Å². The molecule has 0 radical (unpaired) electrons. The predicted molar refractivity (Wildman–Crippen MR) is 88.2 cm³/mol. The SMILES string of the molecule is CCCCCCCCN1Sc2ccc(CC)cc2[S+]1[O-]. The Labute approximate surface area is 130 Å². The van der Waals surface area contributed by atoms with E-state index in [2.05, 4.69) is 32.0 Å². The maximum atomic E-state index is 12.4. The summed E-state index contributed by atoms with van der Waals surface area (Å²) in [6, 6.07) is 6.38. The zero-order valence-corrected chi connectivity index (χ0v) is 14.2. The Morgan fingerprint density at radius 1 is 1.10 bits per heavy atom. The predicted octanol–water partition coefficient (Wildman–Crippen LogP) is 4.95. The Kier molecular flexibility index (Phi) is 6.75. The number of rotatable bonds is 8. The maximum Gasteiger partial charge on any atom is 0.190 e. The minimum Gasteiger partial charge on any atom is -0.592 e. The number of hydrogen-bond donors (Lipinski definition) is 0. The number of fused-ring (bicyclic) bond motifs is 1. The molecule has 0 fully saturated rings. The van der Waals surface area contributed by atoms with Crippen molar-refractivity contribution in [2.24, 2.45) is 0 Å². The molecule has 0 aliphatic carbocycles. The van der Waals surface area contributed by atoms with Gasteiger partial charge in [-0.3, -0.25) is 0 Å². The molecule has 1 aliphatic heterocycles. The topological polar surface area (TPSA) is 26.3 Å². The van der Waals surface area contributed by atoms with Crippen LogP contribution < -0.4 is 0 Å². The highest BCUT2D eigenvalue weighted by Gasteiger charge is 2.34. The molecular formula is C16H25NOS2. The van der Waals surface area contributed by atoms with Crippen LogP contribution in [0.3, 0.4) is 0 Å². The highest BCUT2D eigenvalue weighted by Crippen LogP contribution is 2.42. The van der Waals surface area contributed by atoms with Crippen LogP contribution in [0.2, 0.25) is 0 Å². The van der Waals surface area contributed by atoms with Gasteiger partial charge in [-0.2, -0.15) is 0 Å². The average molecular weight is 312 g/mol. The van der Waals surface area contributed by atoms with E-state index in [9.17, 15) is 4.55 Å². The van der Waals surface area contributed by atoms with E-state index in [1.54, 1.807) is 11.9 Å². The number of hydrogen-bond acceptors (Lipinski definition) is 3. The van der Waals surface area contributed by atoms with Crippen LogP contribution in [0.4, 0.5) is 0 Å². The second-order valence-corrected chi connectivity index (χ2v) is 7.97. The Bertz CT molecular complexity index is 425. The van der Waals surface area contributed by atoms with Gasteiger partial charge in [-0.15, -0.1) is 0 Å². The van der Waals surface area contributed by atoms with Crippen LogP contribution in [-0.4, -0.2) is 14.8 Å². The summed E-state index contributed by atoms with van der Waals surface area (Å²) in [6.07, 6.45) is 8.70. The lowest BCUT2D eigenvalue weighted by Gasteiger charge is -2.14. The molecule has 1 aromatic carbocycles. The van der Waals surface area contributed by atoms with Crippen molar-refractivity contribution in [3.8, 4) is 0 Å². The number of aryl methyl sites for hydroxylation is 1. The molecule has 0 amide bonds. The Balaban J connectivity index is 1.78. The monoisotopic (exact) mass is 311 g/mol. The van der Waals surface area contributed by atoms with E-state index in [0.717, 1.165) is 24.3 Å². The molecule has 0 saturated heterocycles. The molecular weight excluding hydrogens is 286 g/mol. The van der Waals surface area contributed by atoms with Gasteiger partial charge in [-0.1, -0.05) is 55.7 Å². The molecule has 0 bridgehead atoms. The van der Waals surface area contributed by atoms with E-state index in [-0.39, 0.29) is 0 Å². The first-order chi connectivity index (χ1) is 9.76. The first kappa shape index (κ1) is 16.2. The molecule has 2 rings (SSSR count). The smallest absolute Gasteiger partial charge is 0.190 e. The molecule has 2 nitrogen and oxygen atoms in total. The first-order valence-corrected chi connectivity index (χ1v) is 9.64. The first-order valence-electron chi connectivity index (χ1n) is 7.76. The van der Waals surface area contributed by atoms with Gasteiger partial charge in [0.25, 0.3) is 0 Å². The summed E-state index contributed by atoms with van der Waals surface area (Å²) in [6.45, 7) is 5.31. The van der Waals surface area contributed by atoms with E-state index in [0.29, 0.717) is 0 Å². The zero-order chi connectivity index (χ0) is 14.4. The summed E-state index contributed by atoms with van der Waals surface area (Å²) in [5.41, 5.74) is 1.28. The molecule has 1 aliphatic rings. The summed E-state index contributed by atoms with van der Waals surface area (Å²) < 4.78 is 14.5. The fourth-order valence-corrected chi connectivity index (χ4v) is 5.19. The van der Waals surface area contributed by atoms with Crippen molar-refractivity contribution in [3.63, 3.8) is 0 Å². The van der Waals surface area contributed by atoms with Crippen LogP contribution in [0, 0.1) is 0 Å². The highest BCUT2D eigenvalue weighted by atomic mass is 32.3. The fourth-order valence-electron chi connectivity index (χ4n) is 2.39. The van der Waals surface area contributed by atoms with Gasteiger partial charge < -0.3 is 4.55 Å². The molecule has 112 valence electrons. The van der Waals surface area contributed by atoms with Crippen molar-refractivity contribution in [2.75, 3.05) is 6.54 Å². The number of benzene rings is 1. The van der Waals surface area contributed by atoms with E-state index in [4.69, 9.17) is 0 Å². The summed E-state index contributed by atoms with van der Waals surface area (Å²) >= 11 is 0.705. The largest absolute Gasteiger partial charge is 0.592 e.